The summed E-state index contributed by atoms with van der Waals surface area (Å²) in [4.78, 5) is 5.29. The van der Waals surface area contributed by atoms with Crippen molar-refractivity contribution in [2.24, 2.45) is 0 Å². The molecule has 2 atom stereocenters. The van der Waals surface area contributed by atoms with Gasteiger partial charge < -0.3 is 0 Å². The fourth-order valence-electron chi connectivity index (χ4n) is 1.88. The van der Waals surface area contributed by atoms with E-state index in [0.717, 1.165) is 10.0 Å². The number of sulfonamides is 1. The number of rotatable bonds is 3. The van der Waals surface area contributed by atoms with Gasteiger partial charge in [-0.25, -0.2) is 12.8 Å². The Hall–Kier alpha value is -1.76. The highest BCUT2D eigenvalue weighted by atomic mass is 32.2. The molecule has 6 heteroatoms. The summed E-state index contributed by atoms with van der Waals surface area (Å²) < 4.78 is 38.3. The molecule has 2 aromatic rings. The van der Waals surface area contributed by atoms with Gasteiger partial charge in [-0.2, -0.15) is 0 Å². The zero-order chi connectivity index (χ0) is 14.3. The van der Waals surface area contributed by atoms with E-state index in [9.17, 15) is 12.8 Å². The number of halogens is 1. The average Bonchev–Trinajstić information content (AvgIpc) is 3.21. The van der Waals surface area contributed by atoms with Gasteiger partial charge in [-0.05, 0) is 35.7 Å². The zero-order valence-electron chi connectivity index (χ0n) is 10.7. The highest BCUT2D eigenvalue weighted by Gasteiger charge is 2.48. The second-order valence-electron chi connectivity index (χ2n) is 4.58. The van der Waals surface area contributed by atoms with Crippen LogP contribution in [0.1, 0.15) is 17.4 Å². The third-order valence-electron chi connectivity index (χ3n) is 3.06. The minimum atomic E-state index is -3.67. The van der Waals surface area contributed by atoms with Crippen molar-refractivity contribution in [2.45, 2.75) is 18.0 Å². The molecule has 1 saturated heterocycles. The maximum Gasteiger partial charge on any atom is 0.267 e. The summed E-state index contributed by atoms with van der Waals surface area (Å²) in [5, 5.41) is 0. The van der Waals surface area contributed by atoms with Crippen LogP contribution in [0.2, 0.25) is 0 Å². The van der Waals surface area contributed by atoms with Crippen molar-refractivity contribution in [3.8, 4) is 0 Å². The predicted molar refractivity (Wildman–Crippen MR) is 70.4 cm³/mol. The molecule has 1 fully saturated rings. The van der Waals surface area contributed by atoms with Crippen LogP contribution in [0.4, 0.5) is 4.39 Å². The lowest BCUT2D eigenvalue weighted by Gasteiger charge is -2.03. The van der Waals surface area contributed by atoms with E-state index >= 15 is 0 Å². The molecule has 0 bridgehead atoms. The van der Waals surface area contributed by atoms with Crippen LogP contribution in [0.3, 0.4) is 0 Å². The minimum Gasteiger partial charge on any atom is -0.253 e. The van der Waals surface area contributed by atoms with E-state index in [1.807, 2.05) is 6.92 Å². The van der Waals surface area contributed by atoms with Gasteiger partial charge in [0.25, 0.3) is 10.0 Å². The standard InChI is InChI=1S/C14H12FNO3S/c1-10-2-8-13(9-3-10)20(17,18)16-14(19-16)11-4-6-12(15)7-5-11/h2-9,14H,1H3/t14-,16?/m1/s1. The normalized spacial score (nSPS) is 21.7. The number of hydroxylamine groups is 1. The monoisotopic (exact) mass is 293 g/mol. The Morgan fingerprint density at radius 3 is 2.25 bits per heavy atom. The van der Waals surface area contributed by atoms with Gasteiger partial charge in [0.1, 0.15) is 5.82 Å². The first-order valence-electron chi connectivity index (χ1n) is 6.02. The molecule has 0 aliphatic carbocycles. The van der Waals surface area contributed by atoms with E-state index in [2.05, 4.69) is 0 Å². The minimum absolute atomic E-state index is 0.174. The predicted octanol–water partition coefficient (Wildman–Crippen LogP) is 2.77. The Morgan fingerprint density at radius 1 is 1.05 bits per heavy atom. The van der Waals surface area contributed by atoms with Crippen molar-refractivity contribution in [2.75, 3.05) is 0 Å². The number of aryl methyl sites for hydroxylation is 1. The van der Waals surface area contributed by atoms with E-state index in [-0.39, 0.29) is 10.7 Å². The van der Waals surface area contributed by atoms with Gasteiger partial charge in [-0.3, -0.25) is 4.84 Å². The number of hydrogen-bond donors (Lipinski definition) is 0. The summed E-state index contributed by atoms with van der Waals surface area (Å²) in [7, 11) is -3.67. The maximum atomic E-state index is 12.8. The van der Waals surface area contributed by atoms with Crippen LogP contribution >= 0.6 is 0 Å². The van der Waals surface area contributed by atoms with Crippen LogP contribution in [-0.4, -0.2) is 12.9 Å². The van der Waals surface area contributed by atoms with Gasteiger partial charge in [0, 0.05) is 5.56 Å². The topological polar surface area (TPSA) is 49.7 Å². The Bertz CT molecular complexity index is 726. The molecule has 0 saturated carbocycles. The van der Waals surface area contributed by atoms with Crippen LogP contribution in [-0.2, 0) is 14.9 Å². The molecule has 2 aromatic carbocycles. The maximum absolute atomic E-state index is 12.8. The molecule has 0 amide bonds. The molecule has 3 rings (SSSR count). The van der Waals surface area contributed by atoms with E-state index in [1.54, 1.807) is 12.1 Å². The molecule has 1 aliphatic heterocycles. The van der Waals surface area contributed by atoms with Crippen LogP contribution < -0.4 is 0 Å². The second kappa shape index (κ2) is 4.66. The van der Waals surface area contributed by atoms with Crippen LogP contribution in [0.25, 0.3) is 0 Å². The molecule has 104 valence electrons. The van der Waals surface area contributed by atoms with E-state index in [1.165, 1.54) is 36.4 Å². The molecule has 1 heterocycles. The van der Waals surface area contributed by atoms with Crippen molar-refractivity contribution >= 4 is 10.0 Å². The molecule has 20 heavy (non-hydrogen) atoms. The Balaban J connectivity index is 1.84. The number of benzene rings is 2. The largest absolute Gasteiger partial charge is 0.267 e. The van der Waals surface area contributed by atoms with Crippen molar-refractivity contribution in [1.29, 1.82) is 0 Å². The summed E-state index contributed by atoms with van der Waals surface area (Å²) in [5.41, 5.74) is 1.58. The number of hydrogen-bond acceptors (Lipinski definition) is 3. The quantitative estimate of drug-likeness (QED) is 0.818. The molecule has 0 radical (unpaired) electrons. The number of nitrogens with zero attached hydrogens (tertiary/aromatic N) is 1. The zero-order valence-corrected chi connectivity index (χ0v) is 11.5. The summed E-state index contributed by atoms with van der Waals surface area (Å²) in [5.74, 6) is -0.373. The molecule has 0 aromatic heterocycles. The van der Waals surface area contributed by atoms with Gasteiger partial charge in [0.15, 0.2) is 6.23 Å². The first kappa shape index (κ1) is 13.2. The van der Waals surface area contributed by atoms with Crippen molar-refractivity contribution < 1.29 is 17.6 Å². The average molecular weight is 293 g/mol. The summed E-state index contributed by atoms with van der Waals surface area (Å²) >= 11 is 0. The van der Waals surface area contributed by atoms with Gasteiger partial charge in [-0.15, -0.1) is 0 Å². The van der Waals surface area contributed by atoms with Gasteiger partial charge in [-0.1, -0.05) is 29.8 Å². The molecular formula is C14H12FNO3S. The van der Waals surface area contributed by atoms with Gasteiger partial charge in [0.05, 0.1) is 4.90 Å². The Labute approximate surface area is 116 Å². The lowest BCUT2D eigenvalue weighted by Crippen LogP contribution is -2.12. The molecule has 0 spiro atoms. The first-order chi connectivity index (χ1) is 9.48. The van der Waals surface area contributed by atoms with Crippen LogP contribution in [0, 0.1) is 12.7 Å². The first-order valence-corrected chi connectivity index (χ1v) is 7.46. The lowest BCUT2D eigenvalue weighted by atomic mass is 10.2. The molecule has 1 aliphatic rings. The third-order valence-corrected chi connectivity index (χ3v) is 4.68. The summed E-state index contributed by atoms with van der Waals surface area (Å²) in [6.07, 6.45) is -0.679. The van der Waals surface area contributed by atoms with E-state index < -0.39 is 16.3 Å². The highest BCUT2D eigenvalue weighted by molar-refractivity contribution is 7.89. The smallest absolute Gasteiger partial charge is 0.253 e. The fourth-order valence-corrected chi connectivity index (χ4v) is 3.13. The van der Waals surface area contributed by atoms with Crippen LogP contribution in [0.5, 0.6) is 0 Å². The van der Waals surface area contributed by atoms with Crippen molar-refractivity contribution in [3.63, 3.8) is 0 Å². The van der Waals surface area contributed by atoms with Crippen molar-refractivity contribution in [3.05, 3.63) is 65.5 Å². The summed E-state index contributed by atoms with van der Waals surface area (Å²) in [6, 6.07) is 12.1. The van der Waals surface area contributed by atoms with E-state index in [0.29, 0.717) is 5.56 Å². The van der Waals surface area contributed by atoms with Crippen molar-refractivity contribution in [1.82, 2.24) is 4.47 Å². The fraction of sp³-hybridized carbons (Fsp3) is 0.143. The molecule has 0 N–H and O–H groups in total. The molecule has 4 nitrogen and oxygen atoms in total. The second-order valence-corrected chi connectivity index (χ2v) is 6.36. The highest BCUT2D eigenvalue weighted by Crippen LogP contribution is 2.42. The van der Waals surface area contributed by atoms with Gasteiger partial charge >= 0.3 is 0 Å². The molecular weight excluding hydrogens is 281 g/mol. The SMILES string of the molecule is Cc1ccc(S(=O)(=O)N2O[C@@H]2c2ccc(F)cc2)cc1. The lowest BCUT2D eigenvalue weighted by molar-refractivity contribution is 0.283. The van der Waals surface area contributed by atoms with E-state index in [4.69, 9.17) is 4.84 Å². The molecule has 1 unspecified atom stereocenters. The Kier molecular flexibility index (Phi) is 3.08. The third kappa shape index (κ3) is 2.33. The Morgan fingerprint density at radius 2 is 1.65 bits per heavy atom. The van der Waals surface area contributed by atoms with Crippen LogP contribution in [0.15, 0.2) is 53.4 Å². The summed E-state index contributed by atoms with van der Waals surface area (Å²) in [6.45, 7) is 1.88. The van der Waals surface area contributed by atoms with Gasteiger partial charge in [0.2, 0.25) is 0 Å².